The van der Waals surface area contributed by atoms with Crippen LogP contribution in [0.2, 0.25) is 0 Å². The van der Waals surface area contributed by atoms with E-state index in [0.29, 0.717) is 33.5 Å². The Kier molecular flexibility index (Phi) is 12.9. The number of ether oxygens (including phenoxy) is 1. The summed E-state index contributed by atoms with van der Waals surface area (Å²) in [4.78, 5) is 134. The van der Waals surface area contributed by atoms with Crippen LogP contribution in [0.1, 0.15) is 105 Å². The van der Waals surface area contributed by atoms with E-state index in [0.717, 1.165) is 40.2 Å². The molecule has 0 atom stereocenters. The van der Waals surface area contributed by atoms with Crippen molar-refractivity contribution < 1.29 is 28.8 Å². The standard InChI is InChI=1S/C17H18N2O3.C16H13N3O6.C16H14N2O4.CH4/c1-9-6-13(20)18(3)15-11(9)8-12-10(2)7-14(21)19(4)16(12)17(15)22-5;1-6-5-8(20)17(3)12-9(6)14(21)10-7(2)11(19(24)25)16(23)18(4)13(10)15(12)22;1-7-5-9(19)17(3)13-11(7)15(21)12-8(2)6-10(20)18(4)14(12)16(13)22;/h6-8H,1-5H3;5H,1-4H3;5-6H,1-4H3;1H4. The Hall–Kier alpha value is -8.68. The number of rotatable bonds is 2. The molecule has 0 spiro atoms. The summed E-state index contributed by atoms with van der Waals surface area (Å²) in [5.74, 6) is -1.56. The third kappa shape index (κ3) is 7.38. The van der Waals surface area contributed by atoms with Gasteiger partial charge in [0.25, 0.3) is 27.8 Å². The third-order valence-corrected chi connectivity index (χ3v) is 13.0. The molecule has 1 aromatic carbocycles. The second-order valence-corrected chi connectivity index (χ2v) is 17.1. The van der Waals surface area contributed by atoms with Gasteiger partial charge >= 0.3 is 11.2 Å². The number of methoxy groups -OCH3 is 1. The lowest BCUT2D eigenvalue weighted by Gasteiger charge is -2.24. The predicted octanol–water partition coefficient (Wildman–Crippen LogP) is 3.51. The van der Waals surface area contributed by atoms with Gasteiger partial charge in [0.15, 0.2) is 17.3 Å². The molecule has 0 radical (unpaired) electrons. The molecule has 2 aliphatic carbocycles. The molecule has 362 valence electrons. The Bertz CT molecular complexity index is 3830. The van der Waals surface area contributed by atoms with Crippen LogP contribution in [-0.2, 0) is 42.3 Å². The maximum atomic E-state index is 13.0. The summed E-state index contributed by atoms with van der Waals surface area (Å²) in [7, 11) is 10.4. The molecular weight excluding hydrogens is 907 g/mol. The molecule has 0 aliphatic heterocycles. The molecule has 0 saturated carbocycles. The number of nitro groups is 1. The minimum absolute atomic E-state index is 0. The lowest BCUT2D eigenvalue weighted by molar-refractivity contribution is -0.387. The van der Waals surface area contributed by atoms with Crippen LogP contribution in [0.25, 0.3) is 21.8 Å². The van der Waals surface area contributed by atoms with Crippen LogP contribution in [0, 0.1) is 51.7 Å². The molecular formula is C50H49N7O13. The number of carbonyl (C=O) groups is 4. The molecule has 0 amide bonds. The zero-order valence-corrected chi connectivity index (χ0v) is 39.9. The highest BCUT2D eigenvalue weighted by molar-refractivity contribution is 6.29. The van der Waals surface area contributed by atoms with Crippen LogP contribution >= 0.6 is 0 Å². The number of hydrogen-bond donors (Lipinski definition) is 0. The van der Waals surface area contributed by atoms with Gasteiger partial charge in [0.2, 0.25) is 11.6 Å². The highest BCUT2D eigenvalue weighted by Crippen LogP contribution is 2.36. The predicted molar refractivity (Wildman–Crippen MR) is 261 cm³/mol. The first kappa shape index (κ1) is 50.7. The fraction of sp³-hybridized carbons (Fsp3) is 0.280. The van der Waals surface area contributed by atoms with Crippen molar-refractivity contribution in [1.82, 2.24) is 27.4 Å². The smallest absolute Gasteiger partial charge is 0.337 e. The monoisotopic (exact) mass is 955 g/mol. The van der Waals surface area contributed by atoms with Gasteiger partial charge in [-0.3, -0.25) is 58.1 Å². The average molecular weight is 956 g/mol. The number of aryl methyl sites for hydroxylation is 7. The van der Waals surface area contributed by atoms with Crippen molar-refractivity contribution >= 4 is 50.6 Å². The van der Waals surface area contributed by atoms with Gasteiger partial charge in [-0.2, -0.15) is 0 Å². The maximum Gasteiger partial charge on any atom is 0.337 e. The Morgan fingerprint density at radius 2 is 0.729 bits per heavy atom. The largest absolute Gasteiger partial charge is 0.492 e. The molecule has 20 nitrogen and oxygen atoms in total. The first-order valence-electron chi connectivity index (χ1n) is 21.1. The van der Waals surface area contributed by atoms with Gasteiger partial charge in [0.1, 0.15) is 22.8 Å². The summed E-state index contributed by atoms with van der Waals surface area (Å²) in [6.45, 7) is 9.87. The minimum atomic E-state index is -0.983. The van der Waals surface area contributed by atoms with Gasteiger partial charge in [-0.05, 0) is 75.4 Å². The summed E-state index contributed by atoms with van der Waals surface area (Å²) in [5.41, 5.74) is 1.23. The summed E-state index contributed by atoms with van der Waals surface area (Å²) < 4.78 is 12.9. The van der Waals surface area contributed by atoms with E-state index in [4.69, 9.17) is 4.74 Å². The topological polar surface area (TPSA) is 253 Å². The van der Waals surface area contributed by atoms with Crippen LogP contribution in [0.4, 0.5) is 5.69 Å². The molecule has 0 fully saturated rings. The molecule has 6 heterocycles. The quantitative estimate of drug-likeness (QED) is 0.137. The van der Waals surface area contributed by atoms with Gasteiger partial charge < -0.3 is 32.1 Å². The lowest BCUT2D eigenvalue weighted by atomic mass is 9.84. The van der Waals surface area contributed by atoms with Crippen molar-refractivity contribution in [3.05, 3.63) is 187 Å². The molecule has 9 rings (SSSR count). The lowest BCUT2D eigenvalue weighted by Crippen LogP contribution is -2.38. The van der Waals surface area contributed by atoms with E-state index in [2.05, 4.69) is 0 Å². The van der Waals surface area contributed by atoms with Crippen LogP contribution in [0.15, 0.2) is 65.2 Å². The molecule has 70 heavy (non-hydrogen) atoms. The molecule has 0 bridgehead atoms. The molecule has 7 aromatic rings. The summed E-state index contributed by atoms with van der Waals surface area (Å²) in [6, 6.07) is 9.16. The van der Waals surface area contributed by atoms with Crippen molar-refractivity contribution in [2.45, 2.75) is 49.0 Å². The molecule has 20 heteroatoms. The number of pyridine rings is 6. The zero-order chi connectivity index (χ0) is 51.3. The third-order valence-electron chi connectivity index (χ3n) is 13.0. The molecule has 2 aliphatic rings. The van der Waals surface area contributed by atoms with Gasteiger partial charge in [-0.25, -0.2) is 0 Å². The highest BCUT2D eigenvalue weighted by atomic mass is 16.6. The highest BCUT2D eigenvalue weighted by Gasteiger charge is 2.40. The number of benzene rings is 1. The first-order valence-corrected chi connectivity index (χ1v) is 21.1. The van der Waals surface area contributed by atoms with E-state index in [1.165, 1.54) is 60.2 Å². The molecule has 6 aromatic heterocycles. The van der Waals surface area contributed by atoms with E-state index in [-0.39, 0.29) is 86.0 Å². The van der Waals surface area contributed by atoms with Crippen LogP contribution in [0.3, 0.4) is 0 Å². The minimum Gasteiger partial charge on any atom is -0.492 e. The van der Waals surface area contributed by atoms with Crippen molar-refractivity contribution in [2.75, 3.05) is 7.11 Å². The SMILES string of the molecule is C.COc1c2c(cc3c(C)cc(=O)n(C)c13)c(C)cc(=O)n2C.Cc1cc(=O)n(C)c2c1C(=O)c1c(C)c([N+](=O)[O-])c(=O)n(C)c1C2=O.Cc1cc(=O)n(C)c2c1C(=O)c1c(C)cc(=O)n(C)c1C2=O. The van der Waals surface area contributed by atoms with Gasteiger partial charge in [0.05, 0.1) is 45.3 Å². The maximum absolute atomic E-state index is 13.0. The van der Waals surface area contributed by atoms with Gasteiger partial charge in [0, 0.05) is 89.0 Å². The second kappa shape index (κ2) is 17.8. The van der Waals surface area contributed by atoms with Crippen LogP contribution in [-0.4, -0.2) is 62.6 Å². The Morgan fingerprint density at radius 1 is 0.429 bits per heavy atom. The van der Waals surface area contributed by atoms with E-state index < -0.39 is 39.1 Å². The number of aromatic nitrogens is 6. The van der Waals surface area contributed by atoms with Gasteiger partial charge in [-0.15, -0.1) is 0 Å². The fourth-order valence-electron chi connectivity index (χ4n) is 9.27. The number of hydrogen-bond acceptors (Lipinski definition) is 13. The van der Waals surface area contributed by atoms with E-state index in [9.17, 15) is 58.1 Å². The van der Waals surface area contributed by atoms with E-state index >= 15 is 0 Å². The van der Waals surface area contributed by atoms with Crippen molar-refractivity contribution in [3.8, 4) is 5.75 Å². The Labute approximate surface area is 397 Å². The van der Waals surface area contributed by atoms with Crippen molar-refractivity contribution in [3.63, 3.8) is 0 Å². The average Bonchev–Trinajstić information content (AvgIpc) is 3.27. The number of nitrogens with zero attached hydrogens (tertiary/aromatic N) is 7. The summed E-state index contributed by atoms with van der Waals surface area (Å²) >= 11 is 0. The number of ketones is 4. The zero-order valence-electron chi connectivity index (χ0n) is 39.9. The van der Waals surface area contributed by atoms with Crippen LogP contribution < -0.4 is 38.1 Å². The molecule has 0 unspecified atom stereocenters. The molecule has 0 saturated heterocycles. The summed E-state index contributed by atoms with van der Waals surface area (Å²) in [5, 5.41) is 13.1. The van der Waals surface area contributed by atoms with E-state index in [1.54, 1.807) is 56.3 Å². The van der Waals surface area contributed by atoms with Crippen molar-refractivity contribution in [2.24, 2.45) is 42.3 Å². The normalized spacial score (nSPS) is 12.2. The molecule has 0 N–H and O–H groups in total. The Balaban J connectivity index is 0.000000171. The summed E-state index contributed by atoms with van der Waals surface area (Å²) in [6.07, 6.45) is 0. The van der Waals surface area contributed by atoms with E-state index in [1.807, 2.05) is 19.9 Å². The van der Waals surface area contributed by atoms with Gasteiger partial charge in [-0.1, -0.05) is 7.43 Å². The van der Waals surface area contributed by atoms with Crippen molar-refractivity contribution in [1.29, 1.82) is 0 Å². The second-order valence-electron chi connectivity index (χ2n) is 17.1. The first-order chi connectivity index (χ1) is 32.2. The fourth-order valence-corrected chi connectivity index (χ4v) is 9.27. The van der Waals surface area contributed by atoms with Crippen LogP contribution in [0.5, 0.6) is 5.75 Å². The Morgan fingerprint density at radius 3 is 1.06 bits per heavy atom. The number of carbonyl (C=O) groups excluding carboxylic acids is 4. The number of fused-ring (bicyclic) bond motifs is 6.